The first-order valence-corrected chi connectivity index (χ1v) is 8.02. The van der Waals surface area contributed by atoms with E-state index in [9.17, 15) is 4.79 Å². The van der Waals surface area contributed by atoms with Gasteiger partial charge in [-0.2, -0.15) is 0 Å². The molecule has 1 heterocycles. The lowest BCUT2D eigenvalue weighted by atomic mass is 9.83. The number of aryl methyl sites for hydroxylation is 1. The van der Waals surface area contributed by atoms with Gasteiger partial charge in [0.2, 0.25) is 5.91 Å². The molecule has 0 aromatic carbocycles. The molecule has 0 aliphatic heterocycles. The highest BCUT2D eigenvalue weighted by atomic mass is 16.5. The first-order chi connectivity index (χ1) is 10.6. The van der Waals surface area contributed by atoms with Crippen LogP contribution in [-0.4, -0.2) is 34.6 Å². The van der Waals surface area contributed by atoms with Crippen molar-refractivity contribution in [2.24, 2.45) is 11.7 Å². The summed E-state index contributed by atoms with van der Waals surface area (Å²) in [6.07, 6.45) is 6.83. The molecule has 0 saturated heterocycles. The van der Waals surface area contributed by atoms with Crippen LogP contribution in [0.1, 0.15) is 44.0 Å². The van der Waals surface area contributed by atoms with Crippen LogP contribution in [0.25, 0.3) is 0 Å². The Morgan fingerprint density at radius 2 is 2.23 bits per heavy atom. The molecule has 1 saturated carbocycles. The van der Waals surface area contributed by atoms with Crippen molar-refractivity contribution in [2.75, 3.05) is 6.61 Å². The number of carbonyl (C=O) groups is 1. The first kappa shape index (κ1) is 16.8. The molecular formula is C16H26N4O2. The number of aromatic nitrogens is 2. The molecule has 122 valence electrons. The molecule has 0 spiro atoms. The Morgan fingerprint density at radius 3 is 2.86 bits per heavy atom. The van der Waals surface area contributed by atoms with Crippen molar-refractivity contribution in [3.8, 4) is 0 Å². The lowest BCUT2D eigenvalue weighted by molar-refractivity contribution is -0.127. The summed E-state index contributed by atoms with van der Waals surface area (Å²) < 4.78 is 5.74. The highest BCUT2D eigenvalue weighted by Crippen LogP contribution is 2.26. The van der Waals surface area contributed by atoms with Crippen LogP contribution in [0.5, 0.6) is 0 Å². The molecule has 1 aliphatic carbocycles. The molecular weight excluding hydrogens is 280 g/mol. The average Bonchev–Trinajstić information content (AvgIpc) is 2.53. The minimum Gasteiger partial charge on any atom is -0.377 e. The Hall–Kier alpha value is -1.53. The summed E-state index contributed by atoms with van der Waals surface area (Å²) >= 11 is 0. The van der Waals surface area contributed by atoms with Crippen molar-refractivity contribution in [2.45, 2.75) is 58.2 Å². The molecule has 3 atom stereocenters. The van der Waals surface area contributed by atoms with Crippen LogP contribution < -0.4 is 11.1 Å². The molecule has 0 unspecified atom stereocenters. The monoisotopic (exact) mass is 306 g/mol. The van der Waals surface area contributed by atoms with Crippen LogP contribution in [-0.2, 0) is 16.1 Å². The minimum absolute atomic E-state index is 0.0325. The van der Waals surface area contributed by atoms with E-state index in [1.54, 1.807) is 12.4 Å². The van der Waals surface area contributed by atoms with Gasteiger partial charge in [0.05, 0.1) is 30.2 Å². The highest BCUT2D eigenvalue weighted by Gasteiger charge is 2.32. The second kappa shape index (κ2) is 8.19. The number of amides is 1. The van der Waals surface area contributed by atoms with E-state index in [4.69, 9.17) is 10.5 Å². The Balaban J connectivity index is 1.77. The lowest BCUT2D eigenvalue weighted by Gasteiger charge is -2.33. The van der Waals surface area contributed by atoms with Crippen LogP contribution in [0.3, 0.4) is 0 Å². The van der Waals surface area contributed by atoms with Crippen molar-refractivity contribution in [3.63, 3.8) is 0 Å². The fourth-order valence-electron chi connectivity index (χ4n) is 2.72. The quantitative estimate of drug-likeness (QED) is 0.827. The Morgan fingerprint density at radius 1 is 1.41 bits per heavy atom. The summed E-state index contributed by atoms with van der Waals surface area (Å²) in [5.41, 5.74) is 7.78. The third kappa shape index (κ3) is 4.74. The second-order valence-electron chi connectivity index (χ2n) is 5.95. The van der Waals surface area contributed by atoms with Gasteiger partial charge in [0.1, 0.15) is 0 Å². The molecule has 0 radical (unpaired) electrons. The molecule has 1 aliphatic rings. The van der Waals surface area contributed by atoms with E-state index in [1.165, 1.54) is 0 Å². The van der Waals surface area contributed by atoms with Gasteiger partial charge in [-0.25, -0.2) is 0 Å². The summed E-state index contributed by atoms with van der Waals surface area (Å²) in [4.78, 5) is 20.7. The van der Waals surface area contributed by atoms with E-state index in [-0.39, 0.29) is 24.0 Å². The molecule has 3 N–H and O–H groups in total. The number of hydrogen-bond acceptors (Lipinski definition) is 5. The largest absolute Gasteiger partial charge is 0.377 e. The van der Waals surface area contributed by atoms with Gasteiger partial charge < -0.3 is 15.8 Å². The average molecular weight is 306 g/mol. The summed E-state index contributed by atoms with van der Waals surface area (Å²) in [6.45, 7) is 5.11. The molecule has 22 heavy (non-hydrogen) atoms. The maximum atomic E-state index is 12.2. The number of rotatable bonds is 6. The SMILES string of the molecule is CCCO[C@@H]1CC[C@H](C(=O)NCc2cnc(C)cn2)C[C@H]1N. The first-order valence-electron chi connectivity index (χ1n) is 8.02. The third-order valence-corrected chi connectivity index (χ3v) is 4.02. The second-order valence-corrected chi connectivity index (χ2v) is 5.95. The fraction of sp³-hybridized carbons (Fsp3) is 0.688. The zero-order valence-electron chi connectivity index (χ0n) is 13.4. The Labute approximate surface area is 131 Å². The smallest absolute Gasteiger partial charge is 0.223 e. The number of nitrogens with one attached hydrogen (secondary N) is 1. The number of nitrogens with two attached hydrogens (primary N) is 1. The highest BCUT2D eigenvalue weighted by molar-refractivity contribution is 5.78. The number of nitrogens with zero attached hydrogens (tertiary/aromatic N) is 2. The molecule has 1 aromatic heterocycles. The summed E-state index contributed by atoms with van der Waals surface area (Å²) in [7, 11) is 0. The molecule has 0 bridgehead atoms. The van der Waals surface area contributed by atoms with E-state index >= 15 is 0 Å². The van der Waals surface area contributed by atoms with Crippen LogP contribution in [0.15, 0.2) is 12.4 Å². The summed E-state index contributed by atoms with van der Waals surface area (Å²) in [5, 5.41) is 2.93. The predicted molar refractivity (Wildman–Crippen MR) is 84.0 cm³/mol. The summed E-state index contributed by atoms with van der Waals surface area (Å²) in [6, 6.07) is -0.0600. The van der Waals surface area contributed by atoms with Gasteiger partial charge in [0.25, 0.3) is 0 Å². The minimum atomic E-state index is -0.0600. The van der Waals surface area contributed by atoms with E-state index in [0.29, 0.717) is 13.0 Å². The van der Waals surface area contributed by atoms with Crippen LogP contribution in [0, 0.1) is 12.8 Å². The summed E-state index contributed by atoms with van der Waals surface area (Å²) in [5.74, 6) is 0.0154. The molecule has 2 rings (SSSR count). The third-order valence-electron chi connectivity index (χ3n) is 4.02. The molecule has 6 heteroatoms. The van der Waals surface area contributed by atoms with E-state index < -0.39 is 0 Å². The molecule has 1 amide bonds. The van der Waals surface area contributed by atoms with Gasteiger partial charge in [0.15, 0.2) is 0 Å². The Bertz CT molecular complexity index is 478. The van der Waals surface area contributed by atoms with Crippen molar-refractivity contribution in [1.82, 2.24) is 15.3 Å². The van der Waals surface area contributed by atoms with Gasteiger partial charge in [-0.05, 0) is 32.6 Å². The number of carbonyl (C=O) groups excluding carboxylic acids is 1. The molecule has 6 nitrogen and oxygen atoms in total. The topological polar surface area (TPSA) is 90.1 Å². The zero-order valence-corrected chi connectivity index (χ0v) is 13.4. The lowest BCUT2D eigenvalue weighted by Crippen LogP contribution is -2.46. The van der Waals surface area contributed by atoms with Crippen molar-refractivity contribution >= 4 is 5.91 Å². The van der Waals surface area contributed by atoms with Crippen LogP contribution in [0.2, 0.25) is 0 Å². The fourth-order valence-corrected chi connectivity index (χ4v) is 2.72. The number of hydrogen-bond donors (Lipinski definition) is 2. The number of ether oxygens (including phenoxy) is 1. The van der Waals surface area contributed by atoms with E-state index in [1.807, 2.05) is 6.92 Å². The van der Waals surface area contributed by atoms with Crippen LogP contribution in [0.4, 0.5) is 0 Å². The predicted octanol–water partition coefficient (Wildman–Crippen LogP) is 1.32. The van der Waals surface area contributed by atoms with Gasteiger partial charge >= 0.3 is 0 Å². The molecule has 1 fully saturated rings. The van der Waals surface area contributed by atoms with E-state index in [2.05, 4.69) is 22.2 Å². The van der Waals surface area contributed by atoms with E-state index in [0.717, 1.165) is 37.3 Å². The van der Waals surface area contributed by atoms with Crippen molar-refractivity contribution < 1.29 is 9.53 Å². The van der Waals surface area contributed by atoms with Gasteiger partial charge in [-0.1, -0.05) is 6.92 Å². The zero-order chi connectivity index (χ0) is 15.9. The van der Waals surface area contributed by atoms with Gasteiger partial charge in [-0.15, -0.1) is 0 Å². The normalized spacial score (nSPS) is 25.0. The molecule has 1 aromatic rings. The standard InChI is InChI=1S/C16H26N4O2/c1-3-6-22-15-5-4-12(7-14(15)17)16(21)20-10-13-9-18-11(2)8-19-13/h8-9,12,14-15H,3-7,10,17H2,1-2H3,(H,20,21)/t12-,14+,15+/m0/s1. The van der Waals surface area contributed by atoms with Crippen molar-refractivity contribution in [3.05, 3.63) is 23.8 Å². The van der Waals surface area contributed by atoms with Crippen molar-refractivity contribution in [1.29, 1.82) is 0 Å². The maximum Gasteiger partial charge on any atom is 0.223 e. The van der Waals surface area contributed by atoms with Gasteiger partial charge in [-0.3, -0.25) is 14.8 Å². The Kier molecular flexibility index (Phi) is 6.27. The maximum absolute atomic E-state index is 12.2. The van der Waals surface area contributed by atoms with Gasteiger partial charge in [0, 0.05) is 24.8 Å². The van der Waals surface area contributed by atoms with Crippen LogP contribution >= 0.6 is 0 Å².